The van der Waals surface area contributed by atoms with E-state index in [0.717, 1.165) is 12.3 Å². The van der Waals surface area contributed by atoms with Crippen molar-refractivity contribution < 1.29 is 33.0 Å². The molecule has 0 aliphatic rings. The summed E-state index contributed by atoms with van der Waals surface area (Å²) in [4.78, 5) is 26.6. The molecular formula is C11H11F3N2O4. The quantitative estimate of drug-likeness (QED) is 0.836. The van der Waals surface area contributed by atoms with Crippen LogP contribution in [-0.4, -0.2) is 57.8 Å². The van der Waals surface area contributed by atoms with Crippen LogP contribution in [0.1, 0.15) is 20.8 Å². The number of rotatable bonds is 5. The average Bonchev–Trinajstić information content (AvgIpc) is 2.36. The van der Waals surface area contributed by atoms with E-state index in [-0.39, 0.29) is 0 Å². The SMILES string of the molecule is O=C(O)c1cccnc1C(=O)N(CCO)CC(F)(F)F. The van der Waals surface area contributed by atoms with Crippen molar-refractivity contribution in [2.75, 3.05) is 19.7 Å². The Kier molecular flexibility index (Phi) is 5.03. The van der Waals surface area contributed by atoms with Gasteiger partial charge < -0.3 is 15.1 Å². The molecule has 20 heavy (non-hydrogen) atoms. The first-order chi connectivity index (χ1) is 9.26. The van der Waals surface area contributed by atoms with Crippen LogP contribution in [-0.2, 0) is 0 Å². The lowest BCUT2D eigenvalue weighted by Gasteiger charge is -2.23. The van der Waals surface area contributed by atoms with Crippen LogP contribution in [0.2, 0.25) is 0 Å². The van der Waals surface area contributed by atoms with Crippen LogP contribution in [0.4, 0.5) is 13.2 Å². The Balaban J connectivity index is 3.09. The van der Waals surface area contributed by atoms with Gasteiger partial charge in [0.15, 0.2) is 0 Å². The fourth-order valence-electron chi connectivity index (χ4n) is 1.49. The summed E-state index contributed by atoms with van der Waals surface area (Å²) < 4.78 is 37.1. The minimum atomic E-state index is -4.66. The highest BCUT2D eigenvalue weighted by molar-refractivity contribution is 6.03. The van der Waals surface area contributed by atoms with Crippen molar-refractivity contribution in [2.45, 2.75) is 6.18 Å². The van der Waals surface area contributed by atoms with E-state index in [1.165, 1.54) is 6.07 Å². The minimum absolute atomic E-state index is 0.300. The summed E-state index contributed by atoms with van der Waals surface area (Å²) in [6, 6.07) is 2.31. The number of aromatic nitrogens is 1. The van der Waals surface area contributed by atoms with Crippen molar-refractivity contribution >= 4 is 11.9 Å². The third-order valence-corrected chi connectivity index (χ3v) is 2.27. The molecule has 1 aromatic rings. The van der Waals surface area contributed by atoms with Crippen molar-refractivity contribution in [3.8, 4) is 0 Å². The number of pyridine rings is 1. The summed E-state index contributed by atoms with van der Waals surface area (Å²) in [5.74, 6) is -2.67. The summed E-state index contributed by atoms with van der Waals surface area (Å²) in [6.07, 6.45) is -3.56. The lowest BCUT2D eigenvalue weighted by atomic mass is 10.1. The van der Waals surface area contributed by atoms with Gasteiger partial charge in [-0.25, -0.2) is 4.79 Å². The Morgan fingerprint density at radius 1 is 1.35 bits per heavy atom. The van der Waals surface area contributed by atoms with E-state index in [2.05, 4.69) is 4.98 Å². The number of carboxylic acids is 1. The predicted octanol–water partition coefficient (Wildman–Crippen LogP) is 0.777. The molecule has 0 radical (unpaired) electrons. The Bertz CT molecular complexity index is 505. The molecule has 0 aliphatic carbocycles. The van der Waals surface area contributed by atoms with Gasteiger partial charge in [-0.2, -0.15) is 13.2 Å². The molecule has 9 heteroatoms. The van der Waals surface area contributed by atoms with Crippen LogP contribution in [0, 0.1) is 0 Å². The van der Waals surface area contributed by atoms with Gasteiger partial charge in [0.05, 0.1) is 12.2 Å². The highest BCUT2D eigenvalue weighted by Gasteiger charge is 2.34. The highest BCUT2D eigenvalue weighted by atomic mass is 19.4. The Morgan fingerprint density at radius 3 is 2.50 bits per heavy atom. The van der Waals surface area contributed by atoms with E-state index in [0.29, 0.717) is 4.90 Å². The van der Waals surface area contributed by atoms with Gasteiger partial charge in [-0.05, 0) is 12.1 Å². The number of carbonyl (C=O) groups excluding carboxylic acids is 1. The van der Waals surface area contributed by atoms with Crippen LogP contribution >= 0.6 is 0 Å². The minimum Gasteiger partial charge on any atom is -0.478 e. The third-order valence-electron chi connectivity index (χ3n) is 2.27. The largest absolute Gasteiger partial charge is 0.478 e. The topological polar surface area (TPSA) is 90.7 Å². The van der Waals surface area contributed by atoms with Gasteiger partial charge in [0.25, 0.3) is 5.91 Å². The first-order valence-corrected chi connectivity index (χ1v) is 5.41. The zero-order valence-corrected chi connectivity index (χ0v) is 10.1. The number of alkyl halides is 3. The molecule has 2 N–H and O–H groups in total. The van der Waals surface area contributed by atoms with Gasteiger partial charge >= 0.3 is 12.1 Å². The van der Waals surface area contributed by atoms with Crippen LogP contribution < -0.4 is 0 Å². The van der Waals surface area contributed by atoms with Gasteiger partial charge in [-0.15, -0.1) is 0 Å². The van der Waals surface area contributed by atoms with Crippen molar-refractivity contribution in [1.82, 2.24) is 9.88 Å². The maximum Gasteiger partial charge on any atom is 0.406 e. The molecule has 0 fully saturated rings. The normalized spacial score (nSPS) is 11.2. The number of halogens is 3. The number of hydrogen-bond acceptors (Lipinski definition) is 4. The Labute approximate surface area is 111 Å². The van der Waals surface area contributed by atoms with E-state index < -0.39 is 49.0 Å². The van der Waals surface area contributed by atoms with Crippen LogP contribution in [0.5, 0.6) is 0 Å². The monoisotopic (exact) mass is 292 g/mol. The second kappa shape index (κ2) is 6.33. The molecule has 1 amide bonds. The molecule has 1 heterocycles. The number of aliphatic hydroxyl groups is 1. The average molecular weight is 292 g/mol. The number of hydrogen-bond donors (Lipinski definition) is 2. The fraction of sp³-hybridized carbons (Fsp3) is 0.364. The van der Waals surface area contributed by atoms with E-state index in [1.807, 2.05) is 0 Å². The van der Waals surface area contributed by atoms with Crippen molar-refractivity contribution in [3.05, 3.63) is 29.6 Å². The molecule has 0 aromatic carbocycles. The summed E-state index contributed by atoms with van der Waals surface area (Å²) in [6.45, 7) is -2.85. The van der Waals surface area contributed by atoms with Crippen molar-refractivity contribution in [3.63, 3.8) is 0 Å². The van der Waals surface area contributed by atoms with E-state index in [1.54, 1.807) is 0 Å². The maximum absolute atomic E-state index is 12.4. The molecule has 110 valence electrons. The van der Waals surface area contributed by atoms with Crippen molar-refractivity contribution in [1.29, 1.82) is 0 Å². The van der Waals surface area contributed by atoms with Gasteiger partial charge in [0.1, 0.15) is 12.2 Å². The van der Waals surface area contributed by atoms with Crippen LogP contribution in [0.25, 0.3) is 0 Å². The standard InChI is InChI=1S/C11H11F3N2O4/c12-11(13,14)6-16(4-5-17)9(18)8-7(10(19)20)2-1-3-15-8/h1-3,17H,4-6H2,(H,19,20). The first kappa shape index (κ1) is 15.9. The van der Waals surface area contributed by atoms with E-state index >= 15 is 0 Å². The second-order valence-electron chi connectivity index (χ2n) is 3.77. The van der Waals surface area contributed by atoms with Crippen LogP contribution in [0.3, 0.4) is 0 Å². The number of aliphatic hydroxyl groups excluding tert-OH is 1. The molecule has 1 aromatic heterocycles. The Hall–Kier alpha value is -2.16. The zero-order valence-electron chi connectivity index (χ0n) is 10.1. The molecule has 0 bridgehead atoms. The summed E-state index contributed by atoms with van der Waals surface area (Å²) in [7, 11) is 0. The zero-order chi connectivity index (χ0) is 15.3. The van der Waals surface area contributed by atoms with Gasteiger partial charge in [0.2, 0.25) is 0 Å². The molecule has 0 atom stereocenters. The lowest BCUT2D eigenvalue weighted by Crippen LogP contribution is -2.41. The molecule has 0 saturated heterocycles. The molecule has 0 spiro atoms. The smallest absolute Gasteiger partial charge is 0.406 e. The molecule has 6 nitrogen and oxygen atoms in total. The van der Waals surface area contributed by atoms with E-state index in [4.69, 9.17) is 10.2 Å². The molecule has 0 aliphatic heterocycles. The number of nitrogens with zero attached hydrogens (tertiary/aromatic N) is 2. The summed E-state index contributed by atoms with van der Waals surface area (Å²) in [5.41, 5.74) is -1.10. The van der Waals surface area contributed by atoms with Gasteiger partial charge in [-0.3, -0.25) is 9.78 Å². The summed E-state index contributed by atoms with van der Waals surface area (Å²) >= 11 is 0. The highest BCUT2D eigenvalue weighted by Crippen LogP contribution is 2.18. The lowest BCUT2D eigenvalue weighted by molar-refractivity contribution is -0.141. The van der Waals surface area contributed by atoms with Crippen molar-refractivity contribution in [2.24, 2.45) is 0 Å². The fourth-order valence-corrected chi connectivity index (χ4v) is 1.49. The number of aromatic carboxylic acids is 1. The summed E-state index contributed by atoms with van der Waals surface area (Å²) in [5, 5.41) is 17.6. The molecular weight excluding hydrogens is 281 g/mol. The number of amides is 1. The van der Waals surface area contributed by atoms with Gasteiger partial charge in [-0.1, -0.05) is 0 Å². The number of carboxylic acid groups (broad SMARTS) is 1. The molecule has 0 saturated carbocycles. The molecule has 0 unspecified atom stereocenters. The van der Waals surface area contributed by atoms with Gasteiger partial charge in [0, 0.05) is 12.7 Å². The molecule has 1 rings (SSSR count). The number of carbonyl (C=O) groups is 2. The second-order valence-corrected chi connectivity index (χ2v) is 3.77. The first-order valence-electron chi connectivity index (χ1n) is 5.41. The van der Waals surface area contributed by atoms with Crippen LogP contribution in [0.15, 0.2) is 18.3 Å². The Morgan fingerprint density at radius 2 is 2.00 bits per heavy atom. The van der Waals surface area contributed by atoms with E-state index in [9.17, 15) is 22.8 Å². The third kappa shape index (κ3) is 4.19. The predicted molar refractivity (Wildman–Crippen MR) is 60.2 cm³/mol. The maximum atomic E-state index is 12.4.